The van der Waals surface area contributed by atoms with Crippen LogP contribution in [0, 0.1) is 11.8 Å². The summed E-state index contributed by atoms with van der Waals surface area (Å²) < 4.78 is 0. The lowest BCUT2D eigenvalue weighted by Gasteiger charge is -2.35. The van der Waals surface area contributed by atoms with E-state index in [0.717, 1.165) is 6.42 Å². The third-order valence-electron chi connectivity index (χ3n) is 4.60. The van der Waals surface area contributed by atoms with E-state index in [1.807, 2.05) is 18.2 Å². The number of carbonyl (C=O) groups is 2. The fourth-order valence-electron chi connectivity index (χ4n) is 3.49. The summed E-state index contributed by atoms with van der Waals surface area (Å²) in [6.07, 6.45) is 4.12. The molecule has 2 atom stereocenters. The number of hydrogen-bond donors (Lipinski definition) is 0. The summed E-state index contributed by atoms with van der Waals surface area (Å²) in [5, 5.41) is 0. The largest absolute Gasteiger partial charge is 0.294 e. The van der Waals surface area contributed by atoms with Crippen molar-refractivity contribution in [3.05, 3.63) is 59.2 Å². The molecular formula is C18H18O2. The van der Waals surface area contributed by atoms with Crippen molar-refractivity contribution < 1.29 is 9.59 Å². The summed E-state index contributed by atoms with van der Waals surface area (Å²) in [5.74, 6) is -0.0523. The van der Waals surface area contributed by atoms with Crippen LogP contribution in [0.5, 0.6) is 0 Å². The summed E-state index contributed by atoms with van der Waals surface area (Å²) >= 11 is 0. The molecule has 0 unspecified atom stereocenters. The van der Waals surface area contributed by atoms with E-state index < -0.39 is 0 Å². The number of hydrogen-bond acceptors (Lipinski definition) is 2. The lowest BCUT2D eigenvalue weighted by Crippen LogP contribution is -2.39. The summed E-state index contributed by atoms with van der Waals surface area (Å²) in [7, 11) is 0. The first-order valence-corrected chi connectivity index (χ1v) is 7.09. The first kappa shape index (κ1) is 13.0. The highest BCUT2D eigenvalue weighted by Crippen LogP contribution is 2.42. The molecule has 0 N–H and O–H groups in total. The van der Waals surface area contributed by atoms with Gasteiger partial charge in [-0.3, -0.25) is 9.59 Å². The Balaban J connectivity index is 2.04. The quantitative estimate of drug-likeness (QED) is 0.759. The van der Waals surface area contributed by atoms with Crippen LogP contribution in [0.25, 0.3) is 0 Å². The van der Waals surface area contributed by atoms with Crippen LogP contribution in [0.4, 0.5) is 0 Å². The van der Waals surface area contributed by atoms with Crippen LogP contribution >= 0.6 is 0 Å². The van der Waals surface area contributed by atoms with Gasteiger partial charge in [-0.05, 0) is 26.2 Å². The summed E-state index contributed by atoms with van der Waals surface area (Å²) in [4.78, 5) is 25.3. The number of rotatable bonds is 2. The van der Waals surface area contributed by atoms with Gasteiger partial charge in [-0.2, -0.15) is 0 Å². The predicted molar refractivity (Wildman–Crippen MR) is 78.8 cm³/mol. The van der Waals surface area contributed by atoms with Crippen molar-refractivity contribution >= 4 is 11.6 Å². The molecule has 20 heavy (non-hydrogen) atoms. The smallest absolute Gasteiger partial charge is 0.167 e. The maximum Gasteiger partial charge on any atom is 0.167 e. The van der Waals surface area contributed by atoms with Gasteiger partial charge in [0.15, 0.2) is 11.6 Å². The minimum atomic E-state index is -0.170. The summed E-state index contributed by atoms with van der Waals surface area (Å²) in [6, 6.07) is 7.23. The first-order valence-electron chi connectivity index (χ1n) is 7.09. The monoisotopic (exact) mass is 266 g/mol. The zero-order valence-corrected chi connectivity index (χ0v) is 11.7. The number of carbonyl (C=O) groups excluding carboxylic acids is 2. The SMILES string of the molecule is C=CCC1=C(C)C[C@H]2C(=O)c3ccccc3C(=O)[C@H]2C1. The fraction of sp³-hybridized carbons (Fsp3) is 0.333. The van der Waals surface area contributed by atoms with Gasteiger partial charge in [-0.15, -0.1) is 6.58 Å². The summed E-state index contributed by atoms with van der Waals surface area (Å²) in [5.41, 5.74) is 3.75. The first-order chi connectivity index (χ1) is 9.63. The summed E-state index contributed by atoms with van der Waals surface area (Å²) in [6.45, 7) is 5.85. The predicted octanol–water partition coefficient (Wildman–Crippen LogP) is 3.98. The number of Topliss-reactive ketones (excluding diaryl/α,β-unsaturated/α-hetero) is 2. The van der Waals surface area contributed by atoms with Crippen molar-refractivity contribution in [3.8, 4) is 0 Å². The van der Waals surface area contributed by atoms with Gasteiger partial charge in [-0.25, -0.2) is 0 Å². The fourth-order valence-corrected chi connectivity index (χ4v) is 3.49. The lowest BCUT2D eigenvalue weighted by atomic mass is 9.65. The Morgan fingerprint density at radius 1 is 1.10 bits per heavy atom. The van der Waals surface area contributed by atoms with E-state index in [4.69, 9.17) is 0 Å². The Kier molecular flexibility index (Phi) is 3.17. The van der Waals surface area contributed by atoms with E-state index in [9.17, 15) is 9.59 Å². The minimum absolute atomic E-state index is 0.138. The van der Waals surface area contributed by atoms with Gasteiger partial charge in [0.05, 0.1) is 0 Å². The van der Waals surface area contributed by atoms with Gasteiger partial charge in [0, 0.05) is 23.0 Å². The zero-order valence-electron chi connectivity index (χ0n) is 11.7. The van der Waals surface area contributed by atoms with Crippen LogP contribution in [0.15, 0.2) is 48.1 Å². The highest BCUT2D eigenvalue weighted by atomic mass is 16.1. The molecule has 102 valence electrons. The van der Waals surface area contributed by atoms with Crippen LogP contribution in [-0.4, -0.2) is 11.6 Å². The third-order valence-corrected chi connectivity index (χ3v) is 4.60. The Morgan fingerprint density at radius 3 is 2.20 bits per heavy atom. The second kappa shape index (κ2) is 4.86. The van der Waals surface area contributed by atoms with Crippen LogP contribution in [0.3, 0.4) is 0 Å². The molecule has 0 saturated carbocycles. The standard InChI is InChI=1S/C18H18O2/c1-3-6-12-10-16-15(9-11(12)2)17(19)13-7-4-5-8-14(13)18(16)20/h3-5,7-8,15-16H,1,6,9-10H2,2H3/t15-,16+/m1/s1. The second-order valence-electron chi connectivity index (χ2n) is 5.77. The molecule has 0 spiro atoms. The molecule has 0 amide bonds. The van der Waals surface area contributed by atoms with Crippen molar-refractivity contribution in [3.63, 3.8) is 0 Å². The Hall–Kier alpha value is -1.96. The number of ketones is 2. The Bertz CT molecular complexity index is 637. The molecular weight excluding hydrogens is 248 g/mol. The molecule has 0 aliphatic heterocycles. The van der Waals surface area contributed by atoms with Crippen LogP contribution in [0.1, 0.15) is 46.9 Å². The Morgan fingerprint density at radius 2 is 1.65 bits per heavy atom. The molecule has 0 radical (unpaired) electrons. The van der Waals surface area contributed by atoms with E-state index in [1.54, 1.807) is 12.1 Å². The van der Waals surface area contributed by atoms with Crippen molar-refractivity contribution in [2.24, 2.45) is 11.8 Å². The number of allylic oxidation sites excluding steroid dienone is 3. The molecule has 1 aromatic carbocycles. The van der Waals surface area contributed by atoms with E-state index in [1.165, 1.54) is 11.1 Å². The van der Waals surface area contributed by atoms with Gasteiger partial charge >= 0.3 is 0 Å². The third kappa shape index (κ3) is 1.87. The molecule has 3 rings (SSSR count). The molecule has 1 aromatic rings. The molecule has 2 nitrogen and oxygen atoms in total. The minimum Gasteiger partial charge on any atom is -0.294 e. The van der Waals surface area contributed by atoms with Gasteiger partial charge < -0.3 is 0 Å². The molecule has 0 saturated heterocycles. The van der Waals surface area contributed by atoms with Gasteiger partial charge in [0.1, 0.15) is 0 Å². The van der Waals surface area contributed by atoms with Crippen LogP contribution < -0.4 is 0 Å². The van der Waals surface area contributed by atoms with Crippen LogP contribution in [-0.2, 0) is 0 Å². The van der Waals surface area contributed by atoms with E-state index in [-0.39, 0.29) is 23.4 Å². The lowest BCUT2D eigenvalue weighted by molar-refractivity contribution is 0.0720. The molecule has 2 aliphatic rings. The normalized spacial score (nSPS) is 25.2. The Labute approximate surface area is 119 Å². The van der Waals surface area contributed by atoms with Crippen molar-refractivity contribution in [1.29, 1.82) is 0 Å². The zero-order chi connectivity index (χ0) is 14.3. The highest BCUT2D eigenvalue weighted by Gasteiger charge is 2.43. The maximum atomic E-state index is 12.7. The van der Waals surface area contributed by atoms with Gasteiger partial charge in [-0.1, -0.05) is 41.5 Å². The van der Waals surface area contributed by atoms with E-state index in [2.05, 4.69) is 13.5 Å². The van der Waals surface area contributed by atoms with Crippen molar-refractivity contribution in [2.75, 3.05) is 0 Å². The average molecular weight is 266 g/mol. The molecule has 2 aliphatic carbocycles. The molecule has 2 heteroatoms. The maximum absolute atomic E-state index is 12.7. The second-order valence-corrected chi connectivity index (χ2v) is 5.77. The molecule has 0 heterocycles. The molecule has 0 bridgehead atoms. The average Bonchev–Trinajstić information content (AvgIpc) is 2.46. The van der Waals surface area contributed by atoms with E-state index in [0.29, 0.717) is 24.0 Å². The van der Waals surface area contributed by atoms with Crippen molar-refractivity contribution in [1.82, 2.24) is 0 Å². The highest BCUT2D eigenvalue weighted by molar-refractivity contribution is 6.16. The molecule has 0 fully saturated rings. The number of fused-ring (bicyclic) bond motifs is 2. The van der Waals surface area contributed by atoms with E-state index >= 15 is 0 Å². The van der Waals surface area contributed by atoms with Crippen molar-refractivity contribution in [2.45, 2.75) is 26.2 Å². The van der Waals surface area contributed by atoms with Gasteiger partial charge in [0.25, 0.3) is 0 Å². The molecule has 0 aromatic heterocycles. The topological polar surface area (TPSA) is 34.1 Å². The van der Waals surface area contributed by atoms with Gasteiger partial charge in [0.2, 0.25) is 0 Å². The van der Waals surface area contributed by atoms with Crippen LogP contribution in [0.2, 0.25) is 0 Å². The number of benzene rings is 1.